The highest BCUT2D eigenvalue weighted by Gasteiger charge is 2.12. The standard InChI is InChI=1S/C24H24ClNOS/c1-3-18-6-5-7-19(4-2)23(18)26-24(27)20-10-8-17(9-11-20)16-28-22-14-12-21(25)13-15-22/h5-15H,3-4,16H2,1-2H3,(H,26,27). The minimum atomic E-state index is -0.0625. The fraction of sp³-hybridized carbons (Fsp3) is 0.208. The van der Waals surface area contributed by atoms with E-state index in [2.05, 4.69) is 37.4 Å². The number of amides is 1. The molecule has 28 heavy (non-hydrogen) atoms. The molecule has 0 aliphatic heterocycles. The lowest BCUT2D eigenvalue weighted by Gasteiger charge is -2.14. The number of rotatable bonds is 7. The summed E-state index contributed by atoms with van der Waals surface area (Å²) >= 11 is 7.67. The Morgan fingerprint density at radius 3 is 2.07 bits per heavy atom. The molecule has 0 fully saturated rings. The summed E-state index contributed by atoms with van der Waals surface area (Å²) in [6.07, 6.45) is 1.79. The van der Waals surface area contributed by atoms with Crippen LogP contribution in [0.4, 0.5) is 5.69 Å². The number of hydrogen-bond acceptors (Lipinski definition) is 2. The van der Waals surface area contributed by atoms with Crippen molar-refractivity contribution in [2.45, 2.75) is 37.3 Å². The number of hydrogen-bond donors (Lipinski definition) is 1. The van der Waals surface area contributed by atoms with Crippen molar-refractivity contribution in [2.75, 3.05) is 5.32 Å². The van der Waals surface area contributed by atoms with Gasteiger partial charge in [0.2, 0.25) is 0 Å². The van der Waals surface area contributed by atoms with Gasteiger partial charge in [0.1, 0.15) is 0 Å². The van der Waals surface area contributed by atoms with E-state index in [4.69, 9.17) is 11.6 Å². The first kappa shape index (κ1) is 20.5. The van der Waals surface area contributed by atoms with Gasteiger partial charge in [-0.2, -0.15) is 0 Å². The van der Waals surface area contributed by atoms with Gasteiger partial charge in [-0.05, 0) is 65.9 Å². The summed E-state index contributed by atoms with van der Waals surface area (Å²) in [7, 11) is 0. The average Bonchev–Trinajstić information content (AvgIpc) is 2.73. The number of aryl methyl sites for hydroxylation is 2. The van der Waals surface area contributed by atoms with Crippen molar-refractivity contribution in [3.05, 3.63) is 94.0 Å². The summed E-state index contributed by atoms with van der Waals surface area (Å²) in [4.78, 5) is 13.9. The molecule has 144 valence electrons. The van der Waals surface area contributed by atoms with Gasteiger partial charge in [-0.1, -0.05) is 55.8 Å². The Morgan fingerprint density at radius 2 is 1.50 bits per heavy atom. The van der Waals surface area contributed by atoms with E-state index in [0.717, 1.165) is 29.3 Å². The predicted octanol–water partition coefficient (Wildman–Crippen LogP) is 7.01. The van der Waals surface area contributed by atoms with Crippen LogP contribution in [0.5, 0.6) is 0 Å². The van der Waals surface area contributed by atoms with Crippen LogP contribution in [0.1, 0.15) is 40.9 Å². The molecule has 0 heterocycles. The van der Waals surface area contributed by atoms with E-state index in [-0.39, 0.29) is 5.91 Å². The quantitative estimate of drug-likeness (QED) is 0.425. The van der Waals surface area contributed by atoms with Crippen LogP contribution in [0, 0.1) is 0 Å². The number of benzene rings is 3. The lowest BCUT2D eigenvalue weighted by molar-refractivity contribution is 0.102. The molecule has 3 aromatic carbocycles. The number of anilines is 1. The molecule has 0 spiro atoms. The maximum Gasteiger partial charge on any atom is 0.255 e. The van der Waals surface area contributed by atoms with Crippen LogP contribution < -0.4 is 5.32 Å². The highest BCUT2D eigenvalue weighted by Crippen LogP contribution is 2.25. The summed E-state index contributed by atoms with van der Waals surface area (Å²) in [6.45, 7) is 4.22. The van der Waals surface area contributed by atoms with Gasteiger partial charge < -0.3 is 5.32 Å². The summed E-state index contributed by atoms with van der Waals surface area (Å²) < 4.78 is 0. The van der Waals surface area contributed by atoms with Gasteiger partial charge in [0.05, 0.1) is 0 Å². The smallest absolute Gasteiger partial charge is 0.255 e. The Hall–Kier alpha value is -2.23. The van der Waals surface area contributed by atoms with E-state index in [1.165, 1.54) is 21.6 Å². The van der Waals surface area contributed by atoms with Gasteiger partial charge in [0.25, 0.3) is 5.91 Å². The first-order valence-electron chi connectivity index (χ1n) is 9.50. The van der Waals surface area contributed by atoms with Gasteiger partial charge in [0.15, 0.2) is 0 Å². The SMILES string of the molecule is CCc1cccc(CC)c1NC(=O)c1ccc(CSc2ccc(Cl)cc2)cc1. The van der Waals surface area contributed by atoms with Crippen molar-refractivity contribution in [3.8, 4) is 0 Å². The third-order valence-electron chi connectivity index (χ3n) is 4.67. The van der Waals surface area contributed by atoms with Gasteiger partial charge in [0, 0.05) is 26.9 Å². The van der Waals surface area contributed by atoms with Crippen molar-refractivity contribution < 1.29 is 4.79 Å². The summed E-state index contributed by atoms with van der Waals surface area (Å²) in [5, 5.41) is 3.87. The molecule has 3 aromatic rings. The van der Waals surface area contributed by atoms with Crippen LogP contribution in [0.15, 0.2) is 71.6 Å². The van der Waals surface area contributed by atoms with Gasteiger partial charge in [-0.3, -0.25) is 4.79 Å². The van der Waals surface area contributed by atoms with Crippen LogP contribution >= 0.6 is 23.4 Å². The Labute approximate surface area is 176 Å². The highest BCUT2D eigenvalue weighted by molar-refractivity contribution is 7.98. The lowest BCUT2D eigenvalue weighted by atomic mass is 10.0. The summed E-state index contributed by atoms with van der Waals surface area (Å²) in [5.41, 5.74) is 5.15. The zero-order chi connectivity index (χ0) is 19.9. The Morgan fingerprint density at radius 1 is 0.893 bits per heavy atom. The molecule has 1 N–H and O–H groups in total. The largest absolute Gasteiger partial charge is 0.321 e. The van der Waals surface area contributed by atoms with Crippen molar-refractivity contribution in [1.82, 2.24) is 0 Å². The normalized spacial score (nSPS) is 10.7. The molecule has 0 saturated heterocycles. The lowest BCUT2D eigenvalue weighted by Crippen LogP contribution is -2.14. The van der Waals surface area contributed by atoms with Crippen LogP contribution in [0.3, 0.4) is 0 Å². The topological polar surface area (TPSA) is 29.1 Å². The van der Waals surface area contributed by atoms with Crippen molar-refractivity contribution >= 4 is 35.0 Å². The first-order chi connectivity index (χ1) is 13.6. The van der Waals surface area contributed by atoms with Crippen LogP contribution in [-0.4, -0.2) is 5.91 Å². The van der Waals surface area contributed by atoms with E-state index in [0.29, 0.717) is 5.56 Å². The van der Waals surface area contributed by atoms with Crippen molar-refractivity contribution in [3.63, 3.8) is 0 Å². The van der Waals surface area contributed by atoms with E-state index in [9.17, 15) is 4.79 Å². The second-order valence-corrected chi connectivity index (χ2v) is 8.04. The maximum atomic E-state index is 12.7. The summed E-state index contributed by atoms with van der Waals surface area (Å²) in [6, 6.07) is 21.9. The van der Waals surface area contributed by atoms with Crippen molar-refractivity contribution in [2.24, 2.45) is 0 Å². The number of para-hydroxylation sites is 1. The zero-order valence-electron chi connectivity index (χ0n) is 16.2. The fourth-order valence-corrected chi connectivity index (χ4v) is 4.02. The number of nitrogens with one attached hydrogen (secondary N) is 1. The second-order valence-electron chi connectivity index (χ2n) is 6.55. The predicted molar refractivity (Wildman–Crippen MR) is 121 cm³/mol. The minimum absolute atomic E-state index is 0.0625. The molecule has 4 heteroatoms. The monoisotopic (exact) mass is 409 g/mol. The molecule has 3 rings (SSSR count). The summed E-state index contributed by atoms with van der Waals surface area (Å²) in [5.74, 6) is 0.787. The molecule has 0 aromatic heterocycles. The third-order valence-corrected chi connectivity index (χ3v) is 6.01. The molecule has 0 bridgehead atoms. The molecule has 0 unspecified atom stereocenters. The Bertz CT molecular complexity index is 914. The van der Waals surface area contributed by atoms with E-state index in [1.807, 2.05) is 48.5 Å². The maximum absolute atomic E-state index is 12.7. The molecule has 0 saturated carbocycles. The molecular weight excluding hydrogens is 386 g/mol. The second kappa shape index (κ2) is 9.81. The zero-order valence-corrected chi connectivity index (χ0v) is 17.7. The van der Waals surface area contributed by atoms with Crippen LogP contribution in [0.25, 0.3) is 0 Å². The first-order valence-corrected chi connectivity index (χ1v) is 10.9. The van der Waals surface area contributed by atoms with Gasteiger partial charge >= 0.3 is 0 Å². The fourth-order valence-electron chi connectivity index (χ4n) is 3.04. The van der Waals surface area contributed by atoms with Crippen LogP contribution in [0.2, 0.25) is 5.02 Å². The number of carbonyl (C=O) groups is 1. The molecule has 1 amide bonds. The average molecular weight is 410 g/mol. The number of carbonyl (C=O) groups excluding carboxylic acids is 1. The molecular formula is C24H24ClNOS. The molecule has 0 radical (unpaired) electrons. The highest BCUT2D eigenvalue weighted by atomic mass is 35.5. The van der Waals surface area contributed by atoms with Crippen LogP contribution in [-0.2, 0) is 18.6 Å². The number of thioether (sulfide) groups is 1. The Kier molecular flexibility index (Phi) is 7.18. The number of halogens is 1. The van der Waals surface area contributed by atoms with Gasteiger partial charge in [-0.25, -0.2) is 0 Å². The Balaban J connectivity index is 1.66. The molecule has 0 aliphatic rings. The third kappa shape index (κ3) is 5.18. The van der Waals surface area contributed by atoms with E-state index < -0.39 is 0 Å². The van der Waals surface area contributed by atoms with Gasteiger partial charge in [-0.15, -0.1) is 11.8 Å². The van der Waals surface area contributed by atoms with E-state index >= 15 is 0 Å². The van der Waals surface area contributed by atoms with Crippen molar-refractivity contribution in [1.29, 1.82) is 0 Å². The molecule has 0 aliphatic carbocycles. The van der Waals surface area contributed by atoms with E-state index in [1.54, 1.807) is 11.8 Å². The molecule has 2 nitrogen and oxygen atoms in total. The molecule has 0 atom stereocenters. The minimum Gasteiger partial charge on any atom is -0.321 e.